The standard InChI is InChI=1S/C11H16O2/c1-13-8-6-11-4-2-3-10(9-11)5-7-12/h2-4,9,12H,5-8H2,1H3. The molecule has 0 aliphatic rings. The zero-order valence-corrected chi connectivity index (χ0v) is 7.99. The Bertz CT molecular complexity index is 246. The van der Waals surface area contributed by atoms with Gasteiger partial charge in [-0.05, 0) is 24.0 Å². The second kappa shape index (κ2) is 5.73. The largest absolute Gasteiger partial charge is 0.396 e. The monoisotopic (exact) mass is 180 g/mol. The third-order valence-electron chi connectivity index (χ3n) is 1.99. The van der Waals surface area contributed by atoms with Gasteiger partial charge in [-0.1, -0.05) is 24.3 Å². The average Bonchev–Trinajstić information content (AvgIpc) is 2.16. The molecule has 0 heterocycles. The van der Waals surface area contributed by atoms with Crippen LogP contribution in [0.4, 0.5) is 0 Å². The van der Waals surface area contributed by atoms with Crippen molar-refractivity contribution in [1.29, 1.82) is 0 Å². The van der Waals surface area contributed by atoms with E-state index < -0.39 is 0 Å². The van der Waals surface area contributed by atoms with Crippen molar-refractivity contribution in [3.05, 3.63) is 35.4 Å². The Morgan fingerprint density at radius 3 is 2.54 bits per heavy atom. The summed E-state index contributed by atoms with van der Waals surface area (Å²) in [5.74, 6) is 0. The van der Waals surface area contributed by atoms with Crippen LogP contribution in [0, 0.1) is 0 Å². The number of aliphatic hydroxyl groups is 1. The molecule has 2 nitrogen and oxygen atoms in total. The number of hydrogen-bond donors (Lipinski definition) is 1. The highest BCUT2D eigenvalue weighted by molar-refractivity contribution is 5.23. The summed E-state index contributed by atoms with van der Waals surface area (Å²) >= 11 is 0. The number of benzene rings is 1. The van der Waals surface area contributed by atoms with Crippen LogP contribution in [-0.4, -0.2) is 25.4 Å². The second-order valence-corrected chi connectivity index (χ2v) is 3.04. The second-order valence-electron chi connectivity index (χ2n) is 3.04. The smallest absolute Gasteiger partial charge is 0.0502 e. The van der Waals surface area contributed by atoms with Crippen LogP contribution in [-0.2, 0) is 17.6 Å². The lowest BCUT2D eigenvalue weighted by molar-refractivity contribution is 0.202. The van der Waals surface area contributed by atoms with Gasteiger partial charge in [-0.25, -0.2) is 0 Å². The molecule has 13 heavy (non-hydrogen) atoms. The van der Waals surface area contributed by atoms with E-state index in [0.29, 0.717) is 0 Å². The molecule has 72 valence electrons. The van der Waals surface area contributed by atoms with Crippen molar-refractivity contribution in [2.75, 3.05) is 20.3 Å². The van der Waals surface area contributed by atoms with Gasteiger partial charge in [-0.15, -0.1) is 0 Å². The van der Waals surface area contributed by atoms with E-state index in [-0.39, 0.29) is 6.61 Å². The molecule has 0 spiro atoms. The quantitative estimate of drug-likeness (QED) is 0.742. The molecule has 0 radical (unpaired) electrons. The summed E-state index contributed by atoms with van der Waals surface area (Å²) in [6, 6.07) is 8.26. The van der Waals surface area contributed by atoms with Crippen LogP contribution in [0.15, 0.2) is 24.3 Å². The molecule has 1 aromatic carbocycles. The molecule has 2 heteroatoms. The van der Waals surface area contributed by atoms with Crippen molar-refractivity contribution >= 4 is 0 Å². The van der Waals surface area contributed by atoms with Crippen molar-refractivity contribution in [3.8, 4) is 0 Å². The van der Waals surface area contributed by atoms with Gasteiger partial charge >= 0.3 is 0 Å². The van der Waals surface area contributed by atoms with Crippen molar-refractivity contribution in [3.63, 3.8) is 0 Å². The van der Waals surface area contributed by atoms with E-state index in [1.165, 1.54) is 11.1 Å². The summed E-state index contributed by atoms with van der Waals surface area (Å²) in [4.78, 5) is 0. The van der Waals surface area contributed by atoms with E-state index in [2.05, 4.69) is 12.1 Å². The Hall–Kier alpha value is -0.860. The van der Waals surface area contributed by atoms with Gasteiger partial charge in [0, 0.05) is 13.7 Å². The Balaban J connectivity index is 2.56. The summed E-state index contributed by atoms with van der Waals surface area (Å²) < 4.78 is 5.00. The maximum absolute atomic E-state index is 8.76. The zero-order chi connectivity index (χ0) is 9.52. The molecular formula is C11H16O2. The van der Waals surface area contributed by atoms with Crippen molar-refractivity contribution in [2.45, 2.75) is 12.8 Å². The maximum Gasteiger partial charge on any atom is 0.0502 e. The van der Waals surface area contributed by atoms with Gasteiger partial charge in [-0.3, -0.25) is 0 Å². The van der Waals surface area contributed by atoms with Crippen molar-refractivity contribution in [2.24, 2.45) is 0 Å². The fraction of sp³-hybridized carbons (Fsp3) is 0.455. The zero-order valence-electron chi connectivity index (χ0n) is 7.99. The Morgan fingerprint density at radius 2 is 1.92 bits per heavy atom. The number of aliphatic hydroxyl groups excluding tert-OH is 1. The number of hydrogen-bond acceptors (Lipinski definition) is 2. The minimum Gasteiger partial charge on any atom is -0.396 e. The van der Waals surface area contributed by atoms with E-state index in [0.717, 1.165) is 19.4 Å². The van der Waals surface area contributed by atoms with E-state index in [9.17, 15) is 0 Å². The number of methoxy groups -OCH3 is 1. The van der Waals surface area contributed by atoms with Crippen LogP contribution in [0.5, 0.6) is 0 Å². The van der Waals surface area contributed by atoms with Crippen LogP contribution < -0.4 is 0 Å². The molecule has 1 rings (SSSR count). The third kappa shape index (κ3) is 3.57. The maximum atomic E-state index is 8.76. The van der Waals surface area contributed by atoms with E-state index in [4.69, 9.17) is 9.84 Å². The molecule has 0 atom stereocenters. The van der Waals surface area contributed by atoms with Gasteiger partial charge < -0.3 is 9.84 Å². The predicted molar refractivity (Wildman–Crippen MR) is 52.8 cm³/mol. The predicted octanol–water partition coefficient (Wildman–Crippen LogP) is 1.41. The summed E-state index contributed by atoms with van der Waals surface area (Å²) in [6.45, 7) is 0.969. The molecule has 0 aliphatic heterocycles. The highest BCUT2D eigenvalue weighted by Crippen LogP contribution is 2.06. The minimum atomic E-state index is 0.216. The molecule has 0 unspecified atom stereocenters. The van der Waals surface area contributed by atoms with Gasteiger partial charge in [0.25, 0.3) is 0 Å². The van der Waals surface area contributed by atoms with Crippen LogP contribution >= 0.6 is 0 Å². The van der Waals surface area contributed by atoms with Gasteiger partial charge in [-0.2, -0.15) is 0 Å². The lowest BCUT2D eigenvalue weighted by atomic mass is 10.1. The molecule has 0 saturated heterocycles. The first-order valence-corrected chi connectivity index (χ1v) is 4.54. The SMILES string of the molecule is COCCc1cccc(CCO)c1. The van der Waals surface area contributed by atoms with Crippen molar-refractivity contribution in [1.82, 2.24) is 0 Å². The van der Waals surface area contributed by atoms with Crippen LogP contribution in [0.25, 0.3) is 0 Å². The van der Waals surface area contributed by atoms with Crippen LogP contribution in [0.3, 0.4) is 0 Å². The molecular weight excluding hydrogens is 164 g/mol. The Labute approximate surface area is 79.2 Å². The molecule has 0 saturated carbocycles. The fourth-order valence-electron chi connectivity index (χ4n) is 1.29. The molecule has 0 aromatic heterocycles. The number of rotatable bonds is 5. The Morgan fingerprint density at radius 1 is 1.23 bits per heavy atom. The molecule has 1 N–H and O–H groups in total. The average molecular weight is 180 g/mol. The normalized spacial score (nSPS) is 10.3. The summed E-state index contributed by atoms with van der Waals surface area (Å²) in [7, 11) is 1.71. The van der Waals surface area contributed by atoms with Crippen LogP contribution in [0.2, 0.25) is 0 Å². The fourth-order valence-corrected chi connectivity index (χ4v) is 1.29. The lowest BCUT2D eigenvalue weighted by Gasteiger charge is -2.03. The molecule has 0 fully saturated rings. The van der Waals surface area contributed by atoms with E-state index in [1.807, 2.05) is 12.1 Å². The first-order valence-electron chi connectivity index (χ1n) is 4.54. The van der Waals surface area contributed by atoms with Gasteiger partial charge in [0.15, 0.2) is 0 Å². The van der Waals surface area contributed by atoms with Crippen molar-refractivity contribution < 1.29 is 9.84 Å². The topological polar surface area (TPSA) is 29.5 Å². The lowest BCUT2D eigenvalue weighted by Crippen LogP contribution is -1.96. The third-order valence-corrected chi connectivity index (χ3v) is 1.99. The highest BCUT2D eigenvalue weighted by atomic mass is 16.5. The van der Waals surface area contributed by atoms with Gasteiger partial charge in [0.05, 0.1) is 6.61 Å². The van der Waals surface area contributed by atoms with Gasteiger partial charge in [0.1, 0.15) is 0 Å². The Kier molecular flexibility index (Phi) is 4.50. The first-order chi connectivity index (χ1) is 6.36. The van der Waals surface area contributed by atoms with E-state index >= 15 is 0 Å². The summed E-state index contributed by atoms with van der Waals surface area (Å²) in [6.07, 6.45) is 1.68. The highest BCUT2D eigenvalue weighted by Gasteiger charge is 1.95. The number of ether oxygens (including phenoxy) is 1. The van der Waals surface area contributed by atoms with Crippen LogP contribution in [0.1, 0.15) is 11.1 Å². The van der Waals surface area contributed by atoms with E-state index in [1.54, 1.807) is 7.11 Å². The summed E-state index contributed by atoms with van der Waals surface area (Å²) in [5.41, 5.74) is 2.46. The molecule has 0 amide bonds. The summed E-state index contributed by atoms with van der Waals surface area (Å²) in [5, 5.41) is 8.76. The molecule has 0 bridgehead atoms. The molecule has 1 aromatic rings. The van der Waals surface area contributed by atoms with Gasteiger partial charge in [0.2, 0.25) is 0 Å². The first kappa shape index (κ1) is 10.2. The minimum absolute atomic E-state index is 0.216. The molecule has 0 aliphatic carbocycles.